The molecule has 0 aromatic carbocycles. The average Bonchev–Trinajstić information content (AvgIpc) is 2.99. The molecule has 0 saturated heterocycles. The molecular formula is C14H21ClN2O3SSi. The van der Waals surface area contributed by atoms with E-state index >= 15 is 0 Å². The number of imidazole rings is 1. The normalized spacial score (nSPS) is 12.0. The Morgan fingerprint density at radius 1 is 1.45 bits per heavy atom. The molecular weight excluding hydrogens is 340 g/mol. The molecule has 0 saturated carbocycles. The van der Waals surface area contributed by atoms with Crippen LogP contribution in [-0.4, -0.2) is 37.3 Å². The summed E-state index contributed by atoms with van der Waals surface area (Å²) in [5.74, 6) is 0.723. The molecule has 0 amide bonds. The molecule has 2 aromatic rings. The second-order valence-corrected chi connectivity index (χ2v) is 13.1. The lowest BCUT2D eigenvalue weighted by Gasteiger charge is -2.16. The van der Waals surface area contributed by atoms with Crippen LogP contribution in [0.15, 0.2) is 6.07 Å². The third-order valence-electron chi connectivity index (χ3n) is 3.25. The Bertz CT molecular complexity index is 663. The Balaban J connectivity index is 2.15. The maximum Gasteiger partial charge on any atom is 0.348 e. The van der Waals surface area contributed by atoms with Gasteiger partial charge >= 0.3 is 5.97 Å². The van der Waals surface area contributed by atoms with E-state index < -0.39 is 8.07 Å². The summed E-state index contributed by atoms with van der Waals surface area (Å²) in [6, 6.07) is 2.90. The number of aromatic nitrogens is 2. The van der Waals surface area contributed by atoms with Crippen molar-refractivity contribution >= 4 is 47.3 Å². The predicted molar refractivity (Wildman–Crippen MR) is 92.6 cm³/mol. The van der Waals surface area contributed by atoms with Crippen LogP contribution in [-0.2, 0) is 22.1 Å². The predicted octanol–water partition coefficient (Wildman–Crippen LogP) is 3.94. The minimum Gasteiger partial charge on any atom is -0.465 e. The second-order valence-electron chi connectivity index (χ2n) is 6.23. The van der Waals surface area contributed by atoms with E-state index in [1.54, 1.807) is 6.07 Å². The van der Waals surface area contributed by atoms with Gasteiger partial charge in [-0.3, -0.25) is 0 Å². The van der Waals surface area contributed by atoms with Crippen LogP contribution < -0.4 is 0 Å². The van der Waals surface area contributed by atoms with Crippen LogP contribution in [0, 0.1) is 0 Å². The van der Waals surface area contributed by atoms with E-state index in [-0.39, 0.29) is 5.97 Å². The van der Waals surface area contributed by atoms with Gasteiger partial charge in [-0.1, -0.05) is 19.6 Å². The van der Waals surface area contributed by atoms with Crippen LogP contribution in [0.1, 0.15) is 15.5 Å². The summed E-state index contributed by atoms with van der Waals surface area (Å²) in [7, 11) is 0.267. The number of ether oxygens (including phenoxy) is 2. The van der Waals surface area contributed by atoms with Crippen LogP contribution >= 0.6 is 22.9 Å². The van der Waals surface area contributed by atoms with Crippen molar-refractivity contribution in [3.8, 4) is 0 Å². The molecule has 0 spiro atoms. The first kappa shape index (κ1) is 17.5. The van der Waals surface area contributed by atoms with Gasteiger partial charge in [0.05, 0.1) is 18.5 Å². The summed E-state index contributed by atoms with van der Waals surface area (Å²) in [4.78, 5) is 17.4. The highest BCUT2D eigenvalue weighted by Crippen LogP contribution is 2.27. The quantitative estimate of drug-likeness (QED) is 0.325. The number of carbonyl (C=O) groups is 1. The number of carbonyl (C=O) groups excluding carboxylic acids is 1. The van der Waals surface area contributed by atoms with E-state index in [9.17, 15) is 4.79 Å². The van der Waals surface area contributed by atoms with Gasteiger partial charge in [-0.05, 0) is 12.1 Å². The molecule has 0 aliphatic heterocycles. The van der Waals surface area contributed by atoms with Crippen molar-refractivity contribution in [2.45, 2.75) is 38.3 Å². The Morgan fingerprint density at radius 2 is 2.18 bits per heavy atom. The van der Waals surface area contributed by atoms with Crippen LogP contribution in [0.5, 0.6) is 0 Å². The number of methoxy groups -OCH3 is 1. The Hall–Kier alpha value is -0.893. The molecule has 22 heavy (non-hydrogen) atoms. The molecule has 0 bridgehead atoms. The standard InChI is InChI=1S/C14H21ClN2O3SSi/c1-19-14(18)11-7-10-13(21-11)16-12(8-15)17(10)9-20-5-6-22(2,3)4/h7H,5-6,8-9H2,1-4H3. The highest BCUT2D eigenvalue weighted by atomic mass is 35.5. The van der Waals surface area contributed by atoms with E-state index in [0.717, 1.165) is 28.8 Å². The zero-order valence-corrected chi connectivity index (χ0v) is 15.9. The van der Waals surface area contributed by atoms with E-state index in [2.05, 4.69) is 24.6 Å². The molecule has 0 fully saturated rings. The van der Waals surface area contributed by atoms with Crippen molar-refractivity contribution in [3.05, 3.63) is 16.8 Å². The lowest BCUT2D eigenvalue weighted by atomic mass is 10.4. The summed E-state index contributed by atoms with van der Waals surface area (Å²) in [6.45, 7) is 8.08. The number of rotatable bonds is 7. The number of fused-ring (bicyclic) bond motifs is 1. The number of hydrogen-bond acceptors (Lipinski definition) is 5. The van der Waals surface area contributed by atoms with Crippen molar-refractivity contribution in [2.75, 3.05) is 13.7 Å². The van der Waals surface area contributed by atoms with Gasteiger partial charge in [-0.15, -0.1) is 22.9 Å². The van der Waals surface area contributed by atoms with E-state index in [1.807, 2.05) is 4.57 Å². The zero-order chi connectivity index (χ0) is 16.3. The fourth-order valence-corrected chi connectivity index (χ4v) is 3.87. The molecule has 0 atom stereocenters. The summed E-state index contributed by atoms with van der Waals surface area (Å²) in [6.07, 6.45) is 0. The number of halogens is 1. The maximum absolute atomic E-state index is 11.6. The van der Waals surface area contributed by atoms with Gasteiger partial charge in [0.2, 0.25) is 0 Å². The highest BCUT2D eigenvalue weighted by molar-refractivity contribution is 7.20. The van der Waals surface area contributed by atoms with Crippen molar-refractivity contribution in [3.63, 3.8) is 0 Å². The molecule has 0 N–H and O–H groups in total. The summed E-state index contributed by atoms with van der Waals surface area (Å²) < 4.78 is 12.5. The van der Waals surface area contributed by atoms with Gasteiger partial charge in [0, 0.05) is 14.7 Å². The number of nitrogens with zero attached hydrogens (tertiary/aromatic N) is 2. The molecule has 5 nitrogen and oxygen atoms in total. The monoisotopic (exact) mass is 360 g/mol. The lowest BCUT2D eigenvalue weighted by Crippen LogP contribution is -2.22. The summed E-state index contributed by atoms with van der Waals surface area (Å²) in [5.41, 5.74) is 0.869. The van der Waals surface area contributed by atoms with Gasteiger partial charge in [0.1, 0.15) is 22.3 Å². The van der Waals surface area contributed by atoms with Crippen LogP contribution in [0.25, 0.3) is 10.3 Å². The summed E-state index contributed by atoms with van der Waals surface area (Å²) >= 11 is 7.27. The first-order valence-corrected chi connectivity index (χ1v) is 12.1. The average molecular weight is 361 g/mol. The first-order chi connectivity index (χ1) is 10.4. The van der Waals surface area contributed by atoms with Crippen molar-refractivity contribution in [1.82, 2.24) is 9.55 Å². The fourth-order valence-electron chi connectivity index (χ4n) is 1.94. The van der Waals surface area contributed by atoms with Crippen LogP contribution in [0.3, 0.4) is 0 Å². The third-order valence-corrected chi connectivity index (χ3v) is 6.19. The minimum atomic E-state index is -1.11. The van der Waals surface area contributed by atoms with Gasteiger partial charge < -0.3 is 14.0 Å². The van der Waals surface area contributed by atoms with Crippen molar-refractivity contribution < 1.29 is 14.3 Å². The molecule has 8 heteroatoms. The van der Waals surface area contributed by atoms with E-state index in [1.165, 1.54) is 18.4 Å². The molecule has 122 valence electrons. The second kappa shape index (κ2) is 7.12. The SMILES string of the molecule is COC(=O)c1cc2c(nc(CCl)n2COCC[Si](C)(C)C)s1. The van der Waals surface area contributed by atoms with Crippen molar-refractivity contribution in [2.24, 2.45) is 0 Å². The first-order valence-electron chi connectivity index (χ1n) is 7.06. The topological polar surface area (TPSA) is 53.3 Å². The largest absolute Gasteiger partial charge is 0.465 e. The van der Waals surface area contributed by atoms with E-state index in [4.69, 9.17) is 21.1 Å². The van der Waals surface area contributed by atoms with Crippen LogP contribution in [0.4, 0.5) is 0 Å². The van der Waals surface area contributed by atoms with Gasteiger partial charge in [-0.2, -0.15) is 0 Å². The summed E-state index contributed by atoms with van der Waals surface area (Å²) in [5, 5.41) is 0. The molecule has 2 heterocycles. The lowest BCUT2D eigenvalue weighted by molar-refractivity contribution is 0.0606. The number of thiophene rings is 1. The molecule has 0 aliphatic carbocycles. The molecule has 0 unspecified atom stereocenters. The Morgan fingerprint density at radius 3 is 2.77 bits per heavy atom. The molecule has 2 aromatic heterocycles. The van der Waals surface area contributed by atoms with Crippen molar-refractivity contribution in [1.29, 1.82) is 0 Å². The molecule has 0 radical (unpaired) electrons. The van der Waals surface area contributed by atoms with Gasteiger partial charge in [0.15, 0.2) is 0 Å². The Kier molecular flexibility index (Phi) is 5.65. The third kappa shape index (κ3) is 4.10. The number of esters is 1. The maximum atomic E-state index is 11.6. The zero-order valence-electron chi connectivity index (χ0n) is 13.3. The van der Waals surface area contributed by atoms with Gasteiger partial charge in [-0.25, -0.2) is 9.78 Å². The minimum absolute atomic E-state index is 0.312. The molecule has 2 rings (SSSR count). The van der Waals surface area contributed by atoms with E-state index in [0.29, 0.717) is 17.5 Å². The Labute approximate surface area is 140 Å². The number of alkyl halides is 1. The van der Waals surface area contributed by atoms with Crippen LogP contribution in [0.2, 0.25) is 25.7 Å². The smallest absolute Gasteiger partial charge is 0.348 e. The fraction of sp³-hybridized carbons (Fsp3) is 0.571. The van der Waals surface area contributed by atoms with Gasteiger partial charge in [0.25, 0.3) is 0 Å². The highest BCUT2D eigenvalue weighted by Gasteiger charge is 2.18. The number of hydrogen-bond donors (Lipinski definition) is 0. The molecule has 0 aliphatic rings.